The van der Waals surface area contributed by atoms with Gasteiger partial charge in [-0.05, 0) is 49.9 Å². The van der Waals surface area contributed by atoms with E-state index in [1.165, 1.54) is 11.8 Å². The number of benzene rings is 2. The molecular weight excluding hydrogens is 398 g/mol. The first kappa shape index (κ1) is 21.2. The highest BCUT2D eigenvalue weighted by molar-refractivity contribution is 7.98. The van der Waals surface area contributed by atoms with Crippen molar-refractivity contribution in [3.8, 4) is 11.8 Å². The molecule has 1 N–H and O–H groups in total. The molecule has 152 valence electrons. The van der Waals surface area contributed by atoms with Gasteiger partial charge in [0.1, 0.15) is 11.9 Å². The summed E-state index contributed by atoms with van der Waals surface area (Å²) in [6.45, 7) is 3.27. The molecule has 1 amide bonds. The van der Waals surface area contributed by atoms with E-state index < -0.39 is 18.5 Å². The van der Waals surface area contributed by atoms with Gasteiger partial charge in [0.25, 0.3) is 5.91 Å². The maximum atomic E-state index is 12.6. The Morgan fingerprint density at radius 1 is 1.10 bits per heavy atom. The molecule has 1 aromatic heterocycles. The minimum Gasteiger partial charge on any atom is -0.452 e. The predicted octanol–water partition coefficient (Wildman–Crippen LogP) is 4.48. The number of nitriles is 1. The van der Waals surface area contributed by atoms with Crippen molar-refractivity contribution < 1.29 is 14.3 Å². The number of hydrogen-bond acceptors (Lipinski definition) is 5. The third-order valence-electron chi connectivity index (χ3n) is 4.76. The number of thioether (sulfide) groups is 1. The number of carbonyl (C=O) groups excluding carboxylic acids is 2. The second kappa shape index (κ2) is 9.33. The van der Waals surface area contributed by atoms with Crippen molar-refractivity contribution in [3.63, 3.8) is 0 Å². The van der Waals surface area contributed by atoms with Crippen LogP contribution in [0, 0.1) is 25.2 Å². The molecule has 0 unspecified atom stereocenters. The molecule has 3 rings (SSSR count). The van der Waals surface area contributed by atoms with E-state index >= 15 is 0 Å². The highest BCUT2D eigenvalue weighted by atomic mass is 32.2. The van der Waals surface area contributed by atoms with E-state index in [9.17, 15) is 14.9 Å². The van der Waals surface area contributed by atoms with E-state index in [0.29, 0.717) is 16.9 Å². The fraction of sp³-hybridized carbons (Fsp3) is 0.174. The zero-order valence-electron chi connectivity index (χ0n) is 16.9. The average Bonchev–Trinajstić information content (AvgIpc) is 3.01. The number of anilines is 1. The SMILES string of the molecule is CSc1ccccc1C(=O)OCC(=O)Nc1c(C#N)c(C)c(C)n1-c1ccccc1. The van der Waals surface area contributed by atoms with Crippen LogP contribution in [0.4, 0.5) is 5.82 Å². The van der Waals surface area contributed by atoms with Crippen LogP contribution in [0.25, 0.3) is 5.69 Å². The lowest BCUT2D eigenvalue weighted by atomic mass is 10.2. The summed E-state index contributed by atoms with van der Waals surface area (Å²) in [5, 5.41) is 12.4. The van der Waals surface area contributed by atoms with Crippen LogP contribution < -0.4 is 5.32 Å². The summed E-state index contributed by atoms with van der Waals surface area (Å²) in [6.07, 6.45) is 1.87. The summed E-state index contributed by atoms with van der Waals surface area (Å²) < 4.78 is 7.02. The number of amides is 1. The van der Waals surface area contributed by atoms with Crippen LogP contribution in [0.2, 0.25) is 0 Å². The normalized spacial score (nSPS) is 10.3. The molecule has 3 aromatic rings. The first-order valence-electron chi connectivity index (χ1n) is 9.25. The molecule has 0 aliphatic carbocycles. The number of nitrogens with one attached hydrogen (secondary N) is 1. The lowest BCUT2D eigenvalue weighted by Crippen LogP contribution is -2.23. The topological polar surface area (TPSA) is 84.1 Å². The lowest BCUT2D eigenvalue weighted by molar-refractivity contribution is -0.119. The van der Waals surface area contributed by atoms with Gasteiger partial charge in [-0.15, -0.1) is 11.8 Å². The molecule has 0 saturated carbocycles. The third kappa shape index (κ3) is 4.24. The van der Waals surface area contributed by atoms with Gasteiger partial charge in [-0.1, -0.05) is 30.3 Å². The minimum atomic E-state index is -0.568. The fourth-order valence-electron chi connectivity index (χ4n) is 3.15. The molecule has 0 atom stereocenters. The van der Waals surface area contributed by atoms with Gasteiger partial charge < -0.3 is 10.1 Å². The zero-order valence-corrected chi connectivity index (χ0v) is 17.7. The summed E-state index contributed by atoms with van der Waals surface area (Å²) in [5.74, 6) is -0.721. The van der Waals surface area contributed by atoms with Crippen molar-refractivity contribution in [2.45, 2.75) is 18.7 Å². The van der Waals surface area contributed by atoms with E-state index in [2.05, 4.69) is 11.4 Å². The van der Waals surface area contributed by atoms with Crippen LogP contribution >= 0.6 is 11.8 Å². The Balaban J connectivity index is 1.81. The maximum Gasteiger partial charge on any atom is 0.339 e. The average molecular weight is 420 g/mol. The molecule has 0 aliphatic rings. The lowest BCUT2D eigenvalue weighted by Gasteiger charge is -2.13. The highest BCUT2D eigenvalue weighted by Gasteiger charge is 2.21. The second-order valence-corrected chi connectivity index (χ2v) is 7.39. The van der Waals surface area contributed by atoms with Gasteiger partial charge in [0.15, 0.2) is 6.61 Å². The summed E-state index contributed by atoms with van der Waals surface area (Å²) in [5.41, 5.74) is 3.24. The molecule has 0 fully saturated rings. The minimum absolute atomic E-state index is 0.365. The van der Waals surface area contributed by atoms with Crippen molar-refractivity contribution >= 4 is 29.5 Å². The Kier molecular flexibility index (Phi) is 6.60. The number of rotatable bonds is 6. The number of hydrogen-bond donors (Lipinski definition) is 1. The molecule has 1 heterocycles. The van der Waals surface area contributed by atoms with Crippen molar-refractivity contribution in [2.24, 2.45) is 0 Å². The maximum absolute atomic E-state index is 12.6. The number of ether oxygens (including phenoxy) is 1. The number of aromatic nitrogens is 1. The quantitative estimate of drug-likeness (QED) is 0.470. The molecule has 7 heteroatoms. The zero-order chi connectivity index (χ0) is 21.7. The Morgan fingerprint density at radius 3 is 2.43 bits per heavy atom. The highest BCUT2D eigenvalue weighted by Crippen LogP contribution is 2.30. The molecule has 0 aliphatic heterocycles. The summed E-state index contributed by atoms with van der Waals surface area (Å²) in [6, 6.07) is 18.7. The van der Waals surface area contributed by atoms with Gasteiger partial charge >= 0.3 is 5.97 Å². The number of carbonyl (C=O) groups is 2. The van der Waals surface area contributed by atoms with E-state index in [1.54, 1.807) is 12.1 Å². The van der Waals surface area contributed by atoms with E-state index in [0.717, 1.165) is 21.8 Å². The van der Waals surface area contributed by atoms with E-state index in [1.807, 2.05) is 67.1 Å². The van der Waals surface area contributed by atoms with Crippen molar-refractivity contribution in [3.05, 3.63) is 77.0 Å². The van der Waals surface area contributed by atoms with Crippen molar-refractivity contribution in [1.29, 1.82) is 5.26 Å². The van der Waals surface area contributed by atoms with Gasteiger partial charge in [0, 0.05) is 16.3 Å². The second-order valence-electron chi connectivity index (χ2n) is 6.54. The molecule has 0 bridgehead atoms. The molecule has 0 saturated heterocycles. The van der Waals surface area contributed by atoms with Crippen LogP contribution in [0.3, 0.4) is 0 Å². The Morgan fingerprint density at radius 2 is 1.77 bits per heavy atom. The molecule has 30 heavy (non-hydrogen) atoms. The van der Waals surface area contributed by atoms with Gasteiger partial charge in [-0.3, -0.25) is 9.36 Å². The van der Waals surface area contributed by atoms with Crippen LogP contribution in [0.1, 0.15) is 27.2 Å². The first-order valence-corrected chi connectivity index (χ1v) is 10.5. The Hall–Kier alpha value is -3.50. The smallest absolute Gasteiger partial charge is 0.339 e. The molecular formula is C23H21N3O3S. The molecule has 6 nitrogen and oxygen atoms in total. The van der Waals surface area contributed by atoms with Crippen molar-refractivity contribution in [2.75, 3.05) is 18.2 Å². The van der Waals surface area contributed by atoms with Crippen LogP contribution in [0.15, 0.2) is 59.5 Å². The number of nitrogens with zero attached hydrogens (tertiary/aromatic N) is 2. The van der Waals surface area contributed by atoms with Crippen LogP contribution in [-0.2, 0) is 9.53 Å². The summed E-state index contributed by atoms with van der Waals surface area (Å²) in [4.78, 5) is 25.7. The van der Waals surface area contributed by atoms with Crippen LogP contribution in [-0.4, -0.2) is 29.3 Å². The summed E-state index contributed by atoms with van der Waals surface area (Å²) in [7, 11) is 0. The monoisotopic (exact) mass is 419 g/mol. The molecule has 0 radical (unpaired) electrons. The number of para-hydroxylation sites is 1. The van der Waals surface area contributed by atoms with E-state index in [-0.39, 0.29) is 0 Å². The Labute approximate surface area is 179 Å². The standard InChI is InChI=1S/C23H21N3O3S/c1-15-16(2)26(17-9-5-4-6-10-17)22(19(15)13-24)25-21(27)14-29-23(28)18-11-7-8-12-20(18)30-3/h4-12H,14H2,1-3H3,(H,25,27). The first-order chi connectivity index (χ1) is 14.5. The van der Waals surface area contributed by atoms with Gasteiger partial charge in [-0.2, -0.15) is 5.26 Å². The van der Waals surface area contributed by atoms with Gasteiger partial charge in [0.05, 0.1) is 11.1 Å². The van der Waals surface area contributed by atoms with Gasteiger partial charge in [0.2, 0.25) is 0 Å². The number of esters is 1. The predicted molar refractivity (Wildman–Crippen MR) is 117 cm³/mol. The molecule has 0 spiro atoms. The van der Waals surface area contributed by atoms with Crippen LogP contribution in [0.5, 0.6) is 0 Å². The summed E-state index contributed by atoms with van der Waals surface area (Å²) >= 11 is 1.43. The molecule has 2 aromatic carbocycles. The van der Waals surface area contributed by atoms with E-state index in [4.69, 9.17) is 4.74 Å². The van der Waals surface area contributed by atoms with Gasteiger partial charge in [-0.25, -0.2) is 4.79 Å². The fourth-order valence-corrected chi connectivity index (χ4v) is 3.74. The third-order valence-corrected chi connectivity index (χ3v) is 5.55. The van der Waals surface area contributed by atoms with Crippen molar-refractivity contribution in [1.82, 2.24) is 4.57 Å². The largest absolute Gasteiger partial charge is 0.452 e. The Bertz CT molecular complexity index is 1130.